The van der Waals surface area contributed by atoms with E-state index in [4.69, 9.17) is 14.5 Å². The predicted octanol–water partition coefficient (Wildman–Crippen LogP) is 2.44. The van der Waals surface area contributed by atoms with Gasteiger partial charge in [-0.2, -0.15) is 0 Å². The normalized spacial score (nSPS) is 18.3. The molecule has 0 aliphatic carbocycles. The minimum absolute atomic E-state index is 0.00429. The largest absolute Gasteiger partial charge is 0.460 e. The van der Waals surface area contributed by atoms with Gasteiger partial charge in [-0.3, -0.25) is 9.59 Å². The van der Waals surface area contributed by atoms with E-state index in [2.05, 4.69) is 11.4 Å². The number of benzene rings is 1. The van der Waals surface area contributed by atoms with Gasteiger partial charge in [0.1, 0.15) is 12.4 Å². The zero-order valence-electron chi connectivity index (χ0n) is 21.9. The number of hydrogen-bond donors (Lipinski definition) is 1. The minimum Gasteiger partial charge on any atom is -0.460 e. The average molecular weight is 518 g/mol. The van der Waals surface area contributed by atoms with Crippen LogP contribution < -0.4 is 15.6 Å². The second-order valence-electron chi connectivity index (χ2n) is 10.4. The topological polar surface area (TPSA) is 106 Å². The van der Waals surface area contributed by atoms with Crippen LogP contribution in [0.1, 0.15) is 41.5 Å². The molecule has 198 valence electrons. The number of esters is 1. The van der Waals surface area contributed by atoms with Crippen LogP contribution in [-0.4, -0.2) is 71.7 Å². The third-order valence-electron chi connectivity index (χ3n) is 7.63. The highest BCUT2D eigenvalue weighted by molar-refractivity contribution is 5.90. The molecule has 1 saturated heterocycles. The lowest BCUT2D eigenvalue weighted by molar-refractivity contribution is -0.148. The Labute approximate surface area is 220 Å². The van der Waals surface area contributed by atoms with E-state index in [1.54, 1.807) is 15.5 Å². The van der Waals surface area contributed by atoms with Crippen LogP contribution in [0.2, 0.25) is 0 Å². The SMILES string of the molecule is CCC1C(=O)OCc2c1cc1n(c2=O)Cc2cc3c(CN(C)C)c(OC(=O)N4CCNCC4)ccc3nc2-1. The van der Waals surface area contributed by atoms with E-state index < -0.39 is 5.92 Å². The Morgan fingerprint density at radius 1 is 1.21 bits per heavy atom. The molecule has 3 aromatic rings. The summed E-state index contributed by atoms with van der Waals surface area (Å²) in [6.07, 6.45) is 0.211. The van der Waals surface area contributed by atoms with E-state index in [0.717, 1.165) is 52.1 Å². The number of piperazine rings is 1. The molecule has 0 bridgehead atoms. The molecule has 10 nitrogen and oxygen atoms in total. The molecule has 1 atom stereocenters. The summed E-state index contributed by atoms with van der Waals surface area (Å²) in [5.41, 5.74) is 5.18. The summed E-state index contributed by atoms with van der Waals surface area (Å²) in [5.74, 6) is -0.215. The number of ether oxygens (including phenoxy) is 2. The Kier molecular flexibility index (Phi) is 6.16. The molecule has 2 aromatic heterocycles. The number of aromatic nitrogens is 2. The highest BCUT2D eigenvalue weighted by Gasteiger charge is 2.34. The number of nitrogens with one attached hydrogen (secondary N) is 1. The van der Waals surface area contributed by atoms with Crippen molar-refractivity contribution in [1.29, 1.82) is 0 Å². The summed E-state index contributed by atoms with van der Waals surface area (Å²) in [4.78, 5) is 47.4. The zero-order valence-corrected chi connectivity index (χ0v) is 21.9. The van der Waals surface area contributed by atoms with Gasteiger partial charge in [-0.25, -0.2) is 9.78 Å². The molecule has 38 heavy (non-hydrogen) atoms. The first kappa shape index (κ1) is 24.6. The highest BCUT2D eigenvalue weighted by Crippen LogP contribution is 2.38. The lowest BCUT2D eigenvalue weighted by Gasteiger charge is -2.27. The highest BCUT2D eigenvalue weighted by atomic mass is 16.6. The molecule has 1 aromatic carbocycles. The third kappa shape index (κ3) is 4.04. The smallest absolute Gasteiger partial charge is 0.415 e. The van der Waals surface area contributed by atoms with Gasteiger partial charge in [0.25, 0.3) is 5.56 Å². The number of rotatable bonds is 4. The van der Waals surface area contributed by atoms with Crippen LogP contribution in [0.3, 0.4) is 0 Å². The Morgan fingerprint density at radius 2 is 2.00 bits per heavy atom. The molecule has 0 radical (unpaired) electrons. The molecule has 0 saturated carbocycles. The van der Waals surface area contributed by atoms with Crippen LogP contribution in [0.15, 0.2) is 29.1 Å². The molecule has 10 heteroatoms. The Morgan fingerprint density at radius 3 is 2.74 bits per heavy atom. The quantitative estimate of drug-likeness (QED) is 0.412. The van der Waals surface area contributed by atoms with Gasteiger partial charge in [0.05, 0.1) is 34.9 Å². The molecule has 1 fully saturated rings. The summed E-state index contributed by atoms with van der Waals surface area (Å²) in [6, 6.07) is 7.67. The van der Waals surface area contributed by atoms with Gasteiger partial charge < -0.3 is 29.2 Å². The van der Waals surface area contributed by atoms with Crippen molar-refractivity contribution in [3.8, 4) is 17.1 Å². The fraction of sp³-hybridized carbons (Fsp3) is 0.429. The number of nitrogens with zero attached hydrogens (tertiary/aromatic N) is 4. The van der Waals surface area contributed by atoms with E-state index in [9.17, 15) is 14.4 Å². The summed E-state index contributed by atoms with van der Waals surface area (Å²) < 4.78 is 12.9. The van der Waals surface area contributed by atoms with Crippen molar-refractivity contribution < 1.29 is 19.1 Å². The van der Waals surface area contributed by atoms with Crippen LogP contribution in [0, 0.1) is 0 Å². The number of pyridine rings is 2. The van der Waals surface area contributed by atoms with Crippen molar-refractivity contribution in [3.63, 3.8) is 0 Å². The second-order valence-corrected chi connectivity index (χ2v) is 10.4. The van der Waals surface area contributed by atoms with E-state index in [0.29, 0.717) is 43.9 Å². The fourth-order valence-corrected chi connectivity index (χ4v) is 5.69. The van der Waals surface area contributed by atoms with Crippen molar-refractivity contribution >= 4 is 23.0 Å². The zero-order chi connectivity index (χ0) is 26.6. The van der Waals surface area contributed by atoms with Gasteiger partial charge in [0.2, 0.25) is 0 Å². The van der Waals surface area contributed by atoms with Gasteiger partial charge in [-0.05, 0) is 50.3 Å². The van der Waals surface area contributed by atoms with Crippen molar-refractivity contribution in [1.82, 2.24) is 24.7 Å². The number of amides is 1. The average Bonchev–Trinajstić information content (AvgIpc) is 3.27. The first-order chi connectivity index (χ1) is 18.4. The lowest BCUT2D eigenvalue weighted by Crippen LogP contribution is -2.47. The molecule has 1 amide bonds. The maximum absolute atomic E-state index is 13.4. The van der Waals surface area contributed by atoms with Crippen LogP contribution in [0.4, 0.5) is 4.79 Å². The lowest BCUT2D eigenvalue weighted by atomic mass is 9.90. The molecular formula is C28H31N5O5. The number of carbonyl (C=O) groups excluding carboxylic acids is 2. The van der Waals surface area contributed by atoms with Gasteiger partial charge in [-0.1, -0.05) is 6.92 Å². The number of carbonyl (C=O) groups is 2. The van der Waals surface area contributed by atoms with Crippen LogP contribution in [0.5, 0.6) is 5.75 Å². The summed E-state index contributed by atoms with van der Waals surface area (Å²) in [5, 5.41) is 4.13. The van der Waals surface area contributed by atoms with Crippen molar-refractivity contribution in [2.45, 2.75) is 39.0 Å². The van der Waals surface area contributed by atoms with Crippen molar-refractivity contribution in [3.05, 3.63) is 56.9 Å². The van der Waals surface area contributed by atoms with Gasteiger partial charge in [-0.15, -0.1) is 0 Å². The molecule has 1 N–H and O–H groups in total. The predicted molar refractivity (Wildman–Crippen MR) is 141 cm³/mol. The standard InChI is InChI=1S/C28H31N5O5/c1-4-17-18-12-23-25-16(13-33(23)26(34)21(18)15-37-27(17)35)11-19-20(14-31(2)3)24(6-5-22(19)30-25)38-28(36)32-9-7-29-8-10-32/h5-6,11-12,17,29H,4,7-10,13-15H2,1-3H3. The molecule has 3 aliphatic rings. The van der Waals surface area contributed by atoms with Crippen molar-refractivity contribution in [2.75, 3.05) is 40.3 Å². The summed E-state index contributed by atoms with van der Waals surface area (Å²) in [6.45, 7) is 5.58. The second kappa shape index (κ2) is 9.52. The van der Waals surface area contributed by atoms with Crippen LogP contribution in [-0.2, 0) is 29.2 Å². The van der Waals surface area contributed by atoms with E-state index in [1.807, 2.05) is 38.1 Å². The summed E-state index contributed by atoms with van der Waals surface area (Å²) in [7, 11) is 3.93. The fourth-order valence-electron chi connectivity index (χ4n) is 5.69. The van der Waals surface area contributed by atoms with Gasteiger partial charge >= 0.3 is 12.1 Å². The molecule has 3 aliphatic heterocycles. The number of cyclic esters (lactones) is 1. The van der Waals surface area contributed by atoms with Crippen molar-refractivity contribution in [2.24, 2.45) is 0 Å². The molecule has 1 unspecified atom stereocenters. The molecular weight excluding hydrogens is 486 g/mol. The van der Waals surface area contributed by atoms with Crippen LogP contribution >= 0.6 is 0 Å². The van der Waals surface area contributed by atoms with Gasteiger partial charge in [0, 0.05) is 49.2 Å². The Balaban J connectivity index is 1.44. The molecule has 6 rings (SSSR count). The monoisotopic (exact) mass is 517 g/mol. The first-order valence-corrected chi connectivity index (χ1v) is 13.1. The minimum atomic E-state index is -0.443. The number of hydrogen-bond acceptors (Lipinski definition) is 8. The summed E-state index contributed by atoms with van der Waals surface area (Å²) >= 11 is 0. The molecule has 5 heterocycles. The van der Waals surface area contributed by atoms with Crippen LogP contribution in [0.25, 0.3) is 22.3 Å². The van der Waals surface area contributed by atoms with E-state index >= 15 is 0 Å². The first-order valence-electron chi connectivity index (χ1n) is 13.1. The van der Waals surface area contributed by atoms with E-state index in [1.165, 1.54) is 0 Å². The maximum Gasteiger partial charge on any atom is 0.415 e. The Hall–Kier alpha value is -3.76. The third-order valence-corrected chi connectivity index (χ3v) is 7.63. The Bertz CT molecular complexity index is 1520. The van der Waals surface area contributed by atoms with E-state index in [-0.39, 0.29) is 24.2 Å². The maximum atomic E-state index is 13.4. The number of fused-ring (bicyclic) bond motifs is 5. The molecule has 0 spiro atoms. The van der Waals surface area contributed by atoms with Gasteiger partial charge in [0.15, 0.2) is 0 Å².